The first-order valence-electron chi connectivity index (χ1n) is 5.25. The van der Waals surface area contributed by atoms with Crippen LogP contribution in [0, 0.1) is 0 Å². The lowest BCUT2D eigenvalue weighted by Gasteiger charge is -2.17. The molecule has 0 aromatic heterocycles. The molecule has 8 heteroatoms. The summed E-state index contributed by atoms with van der Waals surface area (Å²) in [7, 11) is 1.43. The van der Waals surface area contributed by atoms with Gasteiger partial charge in [0.25, 0.3) is 0 Å². The number of nitrogens with one attached hydrogen (secondary N) is 1. The summed E-state index contributed by atoms with van der Waals surface area (Å²) in [5.74, 6) is 0. The zero-order chi connectivity index (χ0) is 14.6. The van der Waals surface area contributed by atoms with Crippen molar-refractivity contribution in [2.45, 2.75) is 6.18 Å². The van der Waals surface area contributed by atoms with Crippen molar-refractivity contribution >= 4 is 27.6 Å². The molecule has 0 bridgehead atoms. The van der Waals surface area contributed by atoms with Crippen molar-refractivity contribution in [1.82, 2.24) is 4.90 Å². The van der Waals surface area contributed by atoms with E-state index in [1.54, 1.807) is 0 Å². The van der Waals surface area contributed by atoms with Gasteiger partial charge < -0.3 is 15.3 Å². The van der Waals surface area contributed by atoms with Crippen molar-refractivity contribution in [3.63, 3.8) is 0 Å². The molecule has 19 heavy (non-hydrogen) atoms. The van der Waals surface area contributed by atoms with Crippen LogP contribution in [0.4, 0.5) is 23.7 Å². The van der Waals surface area contributed by atoms with E-state index in [0.717, 1.165) is 11.0 Å². The van der Waals surface area contributed by atoms with E-state index in [1.807, 2.05) is 0 Å². The van der Waals surface area contributed by atoms with E-state index in [1.165, 1.54) is 19.2 Å². The Balaban J connectivity index is 2.89. The highest BCUT2D eigenvalue weighted by Gasteiger charge is 2.33. The Morgan fingerprint density at radius 2 is 2.11 bits per heavy atom. The molecule has 0 heterocycles. The number of rotatable bonds is 3. The van der Waals surface area contributed by atoms with E-state index < -0.39 is 17.8 Å². The zero-order valence-corrected chi connectivity index (χ0v) is 11.5. The van der Waals surface area contributed by atoms with Gasteiger partial charge in [-0.05, 0) is 18.2 Å². The number of hydrogen-bond acceptors (Lipinski definition) is 2. The maximum absolute atomic E-state index is 12.7. The summed E-state index contributed by atoms with van der Waals surface area (Å²) in [6, 6.07) is 2.81. The van der Waals surface area contributed by atoms with Gasteiger partial charge in [0.1, 0.15) is 0 Å². The molecular formula is C11H12BrF3N2O2. The Labute approximate surface area is 116 Å². The number of amides is 2. The largest absolute Gasteiger partial charge is 0.417 e. The summed E-state index contributed by atoms with van der Waals surface area (Å²) < 4.78 is 37.9. The fourth-order valence-electron chi connectivity index (χ4n) is 1.29. The van der Waals surface area contributed by atoms with Crippen LogP contribution in [0.2, 0.25) is 0 Å². The Morgan fingerprint density at radius 3 is 2.63 bits per heavy atom. The normalized spacial score (nSPS) is 11.3. The first-order chi connectivity index (χ1) is 8.75. The number of aliphatic hydroxyl groups excluding tert-OH is 1. The molecule has 0 unspecified atom stereocenters. The summed E-state index contributed by atoms with van der Waals surface area (Å²) >= 11 is 2.81. The number of benzene rings is 1. The number of halogens is 4. The average molecular weight is 341 g/mol. The molecule has 0 saturated heterocycles. The molecule has 2 N–H and O–H groups in total. The van der Waals surface area contributed by atoms with Crippen molar-refractivity contribution in [3.05, 3.63) is 28.2 Å². The molecule has 1 aromatic rings. The number of alkyl halides is 3. The Kier molecular flexibility index (Phi) is 5.19. The van der Waals surface area contributed by atoms with Gasteiger partial charge >= 0.3 is 12.2 Å². The van der Waals surface area contributed by atoms with E-state index in [2.05, 4.69) is 21.2 Å². The molecule has 0 radical (unpaired) electrons. The van der Waals surface area contributed by atoms with Crippen LogP contribution < -0.4 is 5.32 Å². The lowest BCUT2D eigenvalue weighted by atomic mass is 10.2. The molecule has 0 aliphatic heterocycles. The highest BCUT2D eigenvalue weighted by molar-refractivity contribution is 9.10. The molecule has 106 valence electrons. The molecule has 0 atom stereocenters. The van der Waals surface area contributed by atoms with Crippen molar-refractivity contribution in [2.24, 2.45) is 0 Å². The molecule has 4 nitrogen and oxygen atoms in total. The van der Waals surface area contributed by atoms with Crippen LogP contribution in [0.15, 0.2) is 22.7 Å². The van der Waals surface area contributed by atoms with Crippen molar-refractivity contribution in [1.29, 1.82) is 0 Å². The second-order valence-corrected chi connectivity index (χ2v) is 4.62. The fourth-order valence-corrected chi connectivity index (χ4v) is 1.76. The van der Waals surface area contributed by atoms with Crippen molar-refractivity contribution in [2.75, 3.05) is 25.5 Å². The number of aliphatic hydroxyl groups is 1. The van der Waals surface area contributed by atoms with Gasteiger partial charge in [-0.2, -0.15) is 13.2 Å². The number of carbonyl (C=O) groups is 1. The van der Waals surface area contributed by atoms with Gasteiger partial charge in [-0.3, -0.25) is 0 Å². The smallest absolute Gasteiger partial charge is 0.395 e. The third kappa shape index (κ3) is 4.39. The molecule has 2 amide bonds. The van der Waals surface area contributed by atoms with Gasteiger partial charge in [-0.15, -0.1) is 0 Å². The lowest BCUT2D eigenvalue weighted by molar-refractivity contribution is -0.138. The molecule has 0 aliphatic rings. The highest BCUT2D eigenvalue weighted by Crippen LogP contribution is 2.36. The van der Waals surface area contributed by atoms with Crippen LogP contribution in [0.3, 0.4) is 0 Å². The summed E-state index contributed by atoms with van der Waals surface area (Å²) in [6.07, 6.45) is -4.50. The van der Waals surface area contributed by atoms with Gasteiger partial charge in [0.15, 0.2) is 0 Å². The van der Waals surface area contributed by atoms with Gasteiger partial charge in [-0.25, -0.2) is 4.79 Å². The molecule has 0 saturated carbocycles. The first kappa shape index (κ1) is 15.8. The van der Waals surface area contributed by atoms with E-state index in [4.69, 9.17) is 5.11 Å². The van der Waals surface area contributed by atoms with Crippen LogP contribution in [-0.4, -0.2) is 36.2 Å². The molecule has 1 aromatic carbocycles. The van der Waals surface area contributed by atoms with E-state index >= 15 is 0 Å². The molecule has 1 rings (SSSR count). The van der Waals surface area contributed by atoms with Crippen LogP contribution in [0.5, 0.6) is 0 Å². The maximum Gasteiger partial charge on any atom is 0.417 e. The zero-order valence-electron chi connectivity index (χ0n) is 9.96. The van der Waals surface area contributed by atoms with E-state index in [0.29, 0.717) is 0 Å². The number of carbonyl (C=O) groups excluding carboxylic acids is 1. The second kappa shape index (κ2) is 6.25. The topological polar surface area (TPSA) is 52.6 Å². The summed E-state index contributed by atoms with van der Waals surface area (Å²) in [4.78, 5) is 12.7. The highest BCUT2D eigenvalue weighted by atomic mass is 79.9. The van der Waals surface area contributed by atoms with Gasteiger partial charge in [-0.1, -0.05) is 15.9 Å². The minimum Gasteiger partial charge on any atom is -0.395 e. The minimum absolute atomic E-state index is 0.0327. The quantitative estimate of drug-likeness (QED) is 0.888. The first-order valence-corrected chi connectivity index (χ1v) is 6.04. The Bertz CT molecular complexity index is 466. The monoisotopic (exact) mass is 340 g/mol. The summed E-state index contributed by atoms with van der Waals surface area (Å²) in [6.45, 7) is -0.132. The van der Waals surface area contributed by atoms with Crippen LogP contribution >= 0.6 is 15.9 Å². The molecular weight excluding hydrogens is 329 g/mol. The third-order valence-electron chi connectivity index (χ3n) is 2.31. The predicted molar refractivity (Wildman–Crippen MR) is 67.9 cm³/mol. The minimum atomic E-state index is -4.50. The molecule has 0 fully saturated rings. The van der Waals surface area contributed by atoms with Crippen LogP contribution in [0.25, 0.3) is 0 Å². The summed E-state index contributed by atoms with van der Waals surface area (Å²) in [5.41, 5.74) is -0.833. The number of nitrogens with zero attached hydrogens (tertiary/aromatic N) is 1. The van der Waals surface area contributed by atoms with Gasteiger partial charge in [0.2, 0.25) is 0 Å². The van der Waals surface area contributed by atoms with Gasteiger partial charge in [0.05, 0.1) is 12.2 Å². The van der Waals surface area contributed by atoms with Gasteiger partial charge in [0, 0.05) is 23.8 Å². The Morgan fingerprint density at radius 1 is 1.47 bits per heavy atom. The van der Waals surface area contributed by atoms with Crippen LogP contribution in [-0.2, 0) is 6.18 Å². The summed E-state index contributed by atoms with van der Waals surface area (Å²) in [5, 5.41) is 11.0. The standard InChI is InChI=1S/C11H12BrF3N2O2/c1-17(4-5-18)10(19)16-7-2-3-9(12)8(6-7)11(13,14)15/h2-3,6,18H,4-5H2,1H3,(H,16,19). The average Bonchev–Trinajstić information content (AvgIpc) is 2.30. The third-order valence-corrected chi connectivity index (χ3v) is 3.00. The van der Waals surface area contributed by atoms with E-state index in [9.17, 15) is 18.0 Å². The van der Waals surface area contributed by atoms with E-state index in [-0.39, 0.29) is 23.3 Å². The van der Waals surface area contributed by atoms with Crippen LogP contribution in [0.1, 0.15) is 5.56 Å². The number of urea groups is 1. The predicted octanol–water partition coefficient (Wildman–Crippen LogP) is 2.92. The Hall–Kier alpha value is -1.28. The number of anilines is 1. The lowest BCUT2D eigenvalue weighted by Crippen LogP contribution is -2.33. The molecule has 0 aliphatic carbocycles. The van der Waals surface area contributed by atoms with Crippen molar-refractivity contribution < 1.29 is 23.1 Å². The van der Waals surface area contributed by atoms with Crippen molar-refractivity contribution in [3.8, 4) is 0 Å². The SMILES string of the molecule is CN(CCO)C(=O)Nc1ccc(Br)c(C(F)(F)F)c1. The molecule has 0 spiro atoms. The second-order valence-electron chi connectivity index (χ2n) is 3.77. The number of hydrogen-bond donors (Lipinski definition) is 2. The number of likely N-dealkylation sites (N-methyl/N-ethyl adjacent to an activating group) is 1. The fraction of sp³-hybridized carbons (Fsp3) is 0.364. The maximum atomic E-state index is 12.7.